The number of nitrogens with one attached hydrogen (secondary N) is 1. The number of nitrogens with zero attached hydrogens (tertiary/aromatic N) is 1. The van der Waals surface area contributed by atoms with Gasteiger partial charge in [-0.25, -0.2) is 8.42 Å². The summed E-state index contributed by atoms with van der Waals surface area (Å²) in [5.41, 5.74) is 2.18. The number of carbonyl (C=O) groups excluding carboxylic acids is 1. The zero-order valence-corrected chi connectivity index (χ0v) is 18.1. The summed E-state index contributed by atoms with van der Waals surface area (Å²) in [5, 5.41) is 0.905. The van der Waals surface area contributed by atoms with Crippen LogP contribution < -0.4 is 9.62 Å². The highest BCUT2D eigenvalue weighted by Crippen LogP contribution is 2.30. The van der Waals surface area contributed by atoms with E-state index in [0.717, 1.165) is 17.4 Å². The third-order valence-corrected chi connectivity index (χ3v) is 7.11. The molecule has 1 N–H and O–H groups in total. The number of para-hydroxylation sites is 1. The van der Waals surface area contributed by atoms with E-state index in [9.17, 15) is 13.2 Å². The van der Waals surface area contributed by atoms with E-state index in [1.165, 1.54) is 12.1 Å². The van der Waals surface area contributed by atoms with E-state index in [1.54, 1.807) is 17.0 Å². The molecule has 3 aromatic carbocycles. The van der Waals surface area contributed by atoms with Gasteiger partial charge in [-0.15, -0.1) is 0 Å². The van der Waals surface area contributed by atoms with Gasteiger partial charge in [-0.1, -0.05) is 48.5 Å². The molecule has 32 heavy (non-hydrogen) atoms. The fraction of sp³-hybridized carbons (Fsp3) is 0.160. The monoisotopic (exact) mass is 446 g/mol. The molecule has 162 valence electrons. The molecule has 7 heteroatoms. The van der Waals surface area contributed by atoms with E-state index in [2.05, 4.69) is 4.72 Å². The van der Waals surface area contributed by atoms with Gasteiger partial charge in [-0.3, -0.25) is 4.79 Å². The second-order valence-electron chi connectivity index (χ2n) is 7.79. The Morgan fingerprint density at radius 2 is 1.62 bits per heavy atom. The molecule has 1 aromatic heterocycles. The second kappa shape index (κ2) is 8.26. The van der Waals surface area contributed by atoms with Crippen molar-refractivity contribution < 1.29 is 17.6 Å². The Labute approximate surface area is 186 Å². The number of sulfonamides is 1. The topological polar surface area (TPSA) is 79.6 Å². The number of carbonyl (C=O) groups is 1. The molecule has 0 radical (unpaired) electrons. The molecule has 0 spiro atoms. The standard InChI is InChI=1S/C25H22N2O4S/c28-24-11-6-16-27(24)20-12-14-21(15-13-20)32(29,30)26-25(18-7-2-1-3-8-18)23-17-19-9-4-5-10-22(19)31-23/h1-5,7-10,12-15,17,25-26H,6,11,16H2/t25-/m1/s1. The van der Waals surface area contributed by atoms with E-state index in [4.69, 9.17) is 4.42 Å². The van der Waals surface area contributed by atoms with Crippen LogP contribution in [0.5, 0.6) is 0 Å². The molecule has 2 heterocycles. The van der Waals surface area contributed by atoms with Crippen molar-refractivity contribution in [2.24, 2.45) is 0 Å². The van der Waals surface area contributed by atoms with Gasteiger partial charge in [0.15, 0.2) is 0 Å². The van der Waals surface area contributed by atoms with Crippen LogP contribution in [0.4, 0.5) is 5.69 Å². The molecular weight excluding hydrogens is 424 g/mol. The number of fused-ring (bicyclic) bond motifs is 1. The highest BCUT2D eigenvalue weighted by Gasteiger charge is 2.27. The molecular formula is C25H22N2O4S. The Morgan fingerprint density at radius 1 is 0.906 bits per heavy atom. The molecule has 0 unspecified atom stereocenters. The van der Waals surface area contributed by atoms with Crippen LogP contribution in [-0.2, 0) is 14.8 Å². The van der Waals surface area contributed by atoms with E-state index >= 15 is 0 Å². The normalized spacial score (nSPS) is 15.4. The summed E-state index contributed by atoms with van der Waals surface area (Å²) in [4.78, 5) is 13.8. The molecule has 1 aliphatic heterocycles. The van der Waals surface area contributed by atoms with Crippen LogP contribution in [-0.4, -0.2) is 20.9 Å². The van der Waals surface area contributed by atoms with E-state index in [1.807, 2.05) is 60.7 Å². The zero-order valence-electron chi connectivity index (χ0n) is 17.3. The number of benzene rings is 3. The smallest absolute Gasteiger partial charge is 0.241 e. The maximum Gasteiger partial charge on any atom is 0.241 e. The predicted octanol–water partition coefficient (Wildman–Crippen LogP) is 4.63. The van der Waals surface area contributed by atoms with Crippen LogP contribution >= 0.6 is 0 Å². The van der Waals surface area contributed by atoms with Crippen molar-refractivity contribution in [3.8, 4) is 0 Å². The maximum atomic E-state index is 13.3. The zero-order chi connectivity index (χ0) is 22.1. The molecule has 0 bridgehead atoms. The van der Waals surface area contributed by atoms with Crippen molar-refractivity contribution in [3.63, 3.8) is 0 Å². The number of hydrogen-bond acceptors (Lipinski definition) is 4. The van der Waals surface area contributed by atoms with Crippen LogP contribution in [0.25, 0.3) is 11.0 Å². The predicted molar refractivity (Wildman–Crippen MR) is 123 cm³/mol. The van der Waals surface area contributed by atoms with E-state index < -0.39 is 16.1 Å². The lowest BCUT2D eigenvalue weighted by molar-refractivity contribution is -0.117. The highest BCUT2D eigenvalue weighted by atomic mass is 32.2. The molecule has 1 aliphatic rings. The maximum absolute atomic E-state index is 13.3. The van der Waals surface area contributed by atoms with E-state index in [-0.39, 0.29) is 10.8 Å². The molecule has 1 atom stereocenters. The SMILES string of the molecule is O=C1CCCN1c1ccc(S(=O)(=O)N[C@H](c2ccccc2)c2cc3ccccc3o2)cc1. The van der Waals surface area contributed by atoms with Gasteiger partial charge in [0.25, 0.3) is 0 Å². The van der Waals surface area contributed by atoms with Gasteiger partial charge >= 0.3 is 0 Å². The first-order valence-electron chi connectivity index (χ1n) is 10.5. The fourth-order valence-corrected chi connectivity index (χ4v) is 5.22. The van der Waals surface area contributed by atoms with Gasteiger partial charge in [0.1, 0.15) is 17.4 Å². The highest BCUT2D eigenvalue weighted by molar-refractivity contribution is 7.89. The lowest BCUT2D eigenvalue weighted by atomic mass is 10.1. The minimum atomic E-state index is -3.86. The summed E-state index contributed by atoms with van der Waals surface area (Å²) >= 11 is 0. The average molecular weight is 447 g/mol. The van der Waals surface area contributed by atoms with Crippen molar-refractivity contribution in [2.75, 3.05) is 11.4 Å². The molecule has 1 saturated heterocycles. The van der Waals surface area contributed by atoms with Crippen molar-refractivity contribution in [1.29, 1.82) is 0 Å². The Kier molecular flexibility index (Phi) is 5.28. The van der Waals surface area contributed by atoms with Crippen LogP contribution in [0.2, 0.25) is 0 Å². The van der Waals surface area contributed by atoms with Crippen LogP contribution in [0, 0.1) is 0 Å². The number of furan rings is 1. The second-order valence-corrected chi connectivity index (χ2v) is 9.51. The van der Waals surface area contributed by atoms with Crippen molar-refractivity contribution in [3.05, 3.63) is 96.3 Å². The quantitative estimate of drug-likeness (QED) is 0.468. The summed E-state index contributed by atoms with van der Waals surface area (Å²) in [6.07, 6.45) is 1.34. The molecule has 0 aliphatic carbocycles. The van der Waals surface area contributed by atoms with Crippen LogP contribution in [0.1, 0.15) is 30.2 Å². The summed E-state index contributed by atoms with van der Waals surface area (Å²) in [5.74, 6) is 0.577. The van der Waals surface area contributed by atoms with Crippen molar-refractivity contribution in [2.45, 2.75) is 23.8 Å². The van der Waals surface area contributed by atoms with E-state index in [0.29, 0.717) is 30.0 Å². The van der Waals surface area contributed by atoms with Crippen molar-refractivity contribution >= 4 is 32.6 Å². The summed E-state index contributed by atoms with van der Waals surface area (Å²) in [6.45, 7) is 0.658. The van der Waals surface area contributed by atoms with Gasteiger partial charge in [-0.05, 0) is 48.4 Å². The molecule has 4 aromatic rings. The van der Waals surface area contributed by atoms with Crippen LogP contribution in [0.15, 0.2) is 94.2 Å². The number of rotatable bonds is 6. The lowest BCUT2D eigenvalue weighted by Crippen LogP contribution is -2.29. The van der Waals surface area contributed by atoms with Gasteiger partial charge in [0, 0.05) is 24.0 Å². The largest absolute Gasteiger partial charge is 0.459 e. The van der Waals surface area contributed by atoms with Crippen LogP contribution in [0.3, 0.4) is 0 Å². The Hall–Kier alpha value is -3.42. The van der Waals surface area contributed by atoms with Crippen molar-refractivity contribution in [1.82, 2.24) is 4.72 Å². The number of hydrogen-bond donors (Lipinski definition) is 1. The molecule has 5 rings (SSSR count). The summed E-state index contributed by atoms with van der Waals surface area (Å²) in [7, 11) is -3.86. The minimum absolute atomic E-state index is 0.0627. The number of amides is 1. The third kappa shape index (κ3) is 3.92. The Balaban J connectivity index is 1.48. The first-order chi connectivity index (χ1) is 15.5. The molecule has 6 nitrogen and oxygen atoms in total. The third-order valence-electron chi connectivity index (χ3n) is 5.67. The van der Waals surface area contributed by atoms with Gasteiger partial charge in [-0.2, -0.15) is 4.72 Å². The molecule has 1 fully saturated rings. The Bertz CT molecular complexity index is 1330. The fourth-order valence-electron chi connectivity index (χ4n) is 4.03. The molecule has 1 amide bonds. The Morgan fingerprint density at radius 3 is 2.31 bits per heavy atom. The summed E-state index contributed by atoms with van der Waals surface area (Å²) in [6, 6.07) is 24.5. The molecule has 0 saturated carbocycles. The first kappa shape index (κ1) is 20.5. The summed E-state index contributed by atoms with van der Waals surface area (Å²) < 4.78 is 35.3. The van der Waals surface area contributed by atoms with Gasteiger partial charge in [0.05, 0.1) is 4.90 Å². The van der Waals surface area contributed by atoms with Gasteiger partial charge in [0.2, 0.25) is 15.9 Å². The average Bonchev–Trinajstić information content (AvgIpc) is 3.44. The first-order valence-corrected chi connectivity index (χ1v) is 12.0. The van der Waals surface area contributed by atoms with Gasteiger partial charge < -0.3 is 9.32 Å². The minimum Gasteiger partial charge on any atom is -0.459 e. The lowest BCUT2D eigenvalue weighted by Gasteiger charge is -2.19. The number of anilines is 1.